The summed E-state index contributed by atoms with van der Waals surface area (Å²) in [5.41, 5.74) is 3.39. The number of non-ortho nitro benzene ring substituents is 1. The first-order valence-electron chi connectivity index (χ1n) is 9.31. The van der Waals surface area contributed by atoms with Gasteiger partial charge in [0.1, 0.15) is 12.6 Å². The third-order valence-electron chi connectivity index (χ3n) is 4.93. The predicted molar refractivity (Wildman–Crippen MR) is 106 cm³/mol. The van der Waals surface area contributed by atoms with Crippen LogP contribution >= 0.6 is 0 Å². The molecule has 0 fully saturated rings. The zero-order valence-electron chi connectivity index (χ0n) is 16.1. The molecule has 2 N–H and O–H groups in total. The number of aliphatic carboxylic acids is 1. The van der Waals surface area contributed by atoms with Gasteiger partial charge in [-0.2, -0.15) is 0 Å². The summed E-state index contributed by atoms with van der Waals surface area (Å²) < 4.78 is 5.32. The average Bonchev–Trinajstić information content (AvgIpc) is 2.98. The molecule has 2 aromatic carbocycles. The van der Waals surface area contributed by atoms with Crippen molar-refractivity contribution in [3.63, 3.8) is 0 Å². The number of carboxylic acid groups (broad SMARTS) is 1. The average molecular weight is 398 g/mol. The third kappa shape index (κ3) is 4.37. The summed E-state index contributed by atoms with van der Waals surface area (Å²) in [7, 11) is 0. The Morgan fingerprint density at radius 1 is 1.17 bits per heavy atom. The van der Waals surface area contributed by atoms with E-state index >= 15 is 0 Å². The molecule has 1 amide bonds. The van der Waals surface area contributed by atoms with Crippen molar-refractivity contribution >= 4 is 17.7 Å². The van der Waals surface area contributed by atoms with E-state index in [9.17, 15) is 24.8 Å². The summed E-state index contributed by atoms with van der Waals surface area (Å²) in [6, 6.07) is 11.2. The van der Waals surface area contributed by atoms with Crippen molar-refractivity contribution < 1.29 is 24.4 Å². The number of benzene rings is 2. The molecule has 0 spiro atoms. The summed E-state index contributed by atoms with van der Waals surface area (Å²) in [5, 5.41) is 22.8. The number of rotatable bonds is 7. The molecule has 1 aliphatic rings. The lowest BCUT2D eigenvalue weighted by molar-refractivity contribution is -0.384. The van der Waals surface area contributed by atoms with Crippen LogP contribution in [0.15, 0.2) is 42.5 Å². The second kappa shape index (κ2) is 8.30. The molecule has 2 atom stereocenters. The Balaban J connectivity index is 1.79. The monoisotopic (exact) mass is 398 g/mol. The predicted octanol–water partition coefficient (Wildman–Crippen LogP) is 3.93. The van der Waals surface area contributed by atoms with E-state index in [1.54, 1.807) is 6.07 Å². The van der Waals surface area contributed by atoms with Gasteiger partial charge in [-0.15, -0.1) is 0 Å². The highest BCUT2D eigenvalue weighted by molar-refractivity contribution is 5.81. The molecule has 0 saturated carbocycles. The lowest BCUT2D eigenvalue weighted by Crippen LogP contribution is -2.42. The van der Waals surface area contributed by atoms with Crippen LogP contribution in [-0.2, 0) is 9.53 Å². The van der Waals surface area contributed by atoms with Gasteiger partial charge >= 0.3 is 12.1 Å². The molecule has 0 radical (unpaired) electrons. The molecule has 0 aliphatic heterocycles. The molecule has 0 aromatic heterocycles. The molecule has 0 heterocycles. The third-order valence-corrected chi connectivity index (χ3v) is 4.93. The lowest BCUT2D eigenvalue weighted by Gasteiger charge is -2.18. The smallest absolute Gasteiger partial charge is 0.407 e. The van der Waals surface area contributed by atoms with Gasteiger partial charge in [0, 0.05) is 18.1 Å². The Morgan fingerprint density at radius 3 is 2.52 bits per heavy atom. The lowest BCUT2D eigenvalue weighted by atomic mass is 9.98. The van der Waals surface area contributed by atoms with Crippen molar-refractivity contribution in [2.75, 3.05) is 6.61 Å². The molecule has 8 heteroatoms. The molecule has 29 heavy (non-hydrogen) atoms. The van der Waals surface area contributed by atoms with Gasteiger partial charge in [-0.3, -0.25) is 10.1 Å². The number of fused-ring (bicyclic) bond motifs is 3. The summed E-state index contributed by atoms with van der Waals surface area (Å²) in [6.07, 6.45) is -0.541. The molecular weight excluding hydrogens is 376 g/mol. The number of amides is 1. The van der Waals surface area contributed by atoms with Gasteiger partial charge < -0.3 is 15.2 Å². The fourth-order valence-corrected chi connectivity index (χ4v) is 3.63. The number of hydrogen-bond acceptors (Lipinski definition) is 5. The van der Waals surface area contributed by atoms with Crippen LogP contribution in [0.5, 0.6) is 0 Å². The number of carbonyl (C=O) groups is 2. The fourth-order valence-electron chi connectivity index (χ4n) is 3.63. The largest absolute Gasteiger partial charge is 0.480 e. The zero-order chi connectivity index (χ0) is 21.1. The van der Waals surface area contributed by atoms with Crippen molar-refractivity contribution in [3.05, 3.63) is 63.7 Å². The minimum atomic E-state index is -1.12. The van der Waals surface area contributed by atoms with E-state index in [4.69, 9.17) is 4.74 Å². The Morgan fingerprint density at radius 2 is 1.86 bits per heavy atom. The van der Waals surface area contributed by atoms with Gasteiger partial charge in [0.25, 0.3) is 5.69 Å². The highest BCUT2D eigenvalue weighted by Crippen LogP contribution is 2.45. The fraction of sp³-hybridized carbons (Fsp3) is 0.333. The van der Waals surface area contributed by atoms with Gasteiger partial charge in [0.2, 0.25) is 0 Å². The van der Waals surface area contributed by atoms with Crippen LogP contribution in [0.1, 0.15) is 37.3 Å². The van der Waals surface area contributed by atoms with Crippen molar-refractivity contribution in [2.45, 2.75) is 32.2 Å². The maximum atomic E-state index is 12.2. The van der Waals surface area contributed by atoms with E-state index in [1.807, 2.05) is 38.1 Å². The molecule has 152 valence electrons. The zero-order valence-corrected chi connectivity index (χ0v) is 16.1. The standard InChI is InChI=1S/C21H22N2O6/c1-12(2)9-19(20(24)25)22-21(26)29-11-18-15-6-4-3-5-14(15)16-8-7-13(23(27)28)10-17(16)18/h3-8,10,12,18-19H,9,11H2,1-2H3,(H,22,26)(H,24,25)/t18?,19-/m0/s1. The highest BCUT2D eigenvalue weighted by atomic mass is 16.6. The van der Waals surface area contributed by atoms with Crippen LogP contribution in [0.2, 0.25) is 0 Å². The van der Waals surface area contributed by atoms with Crippen LogP contribution in [0.3, 0.4) is 0 Å². The first-order valence-corrected chi connectivity index (χ1v) is 9.31. The number of nitrogens with one attached hydrogen (secondary N) is 1. The number of carbonyl (C=O) groups excluding carboxylic acids is 1. The van der Waals surface area contributed by atoms with Crippen LogP contribution in [0.4, 0.5) is 10.5 Å². The number of nitrogens with zero attached hydrogens (tertiary/aromatic N) is 1. The first-order chi connectivity index (χ1) is 13.8. The highest BCUT2D eigenvalue weighted by Gasteiger charge is 2.31. The molecule has 1 aliphatic carbocycles. The number of nitro groups is 1. The van der Waals surface area contributed by atoms with E-state index < -0.39 is 23.0 Å². The molecule has 0 bridgehead atoms. The Kier molecular flexibility index (Phi) is 5.81. The maximum Gasteiger partial charge on any atom is 0.407 e. The van der Waals surface area contributed by atoms with E-state index in [1.165, 1.54) is 12.1 Å². The quantitative estimate of drug-likeness (QED) is 0.539. The minimum absolute atomic E-state index is 0.0334. The maximum absolute atomic E-state index is 12.2. The molecule has 2 aromatic rings. The Bertz CT molecular complexity index is 956. The van der Waals surface area contributed by atoms with Gasteiger partial charge in [0.05, 0.1) is 4.92 Å². The van der Waals surface area contributed by atoms with Crippen LogP contribution in [-0.4, -0.2) is 34.7 Å². The molecule has 3 rings (SSSR count). The summed E-state index contributed by atoms with van der Waals surface area (Å²) >= 11 is 0. The first kappa shape index (κ1) is 20.3. The summed E-state index contributed by atoms with van der Waals surface area (Å²) in [4.78, 5) is 34.2. The molecular formula is C21H22N2O6. The van der Waals surface area contributed by atoms with Crippen molar-refractivity contribution in [1.82, 2.24) is 5.32 Å². The van der Waals surface area contributed by atoms with Crippen molar-refractivity contribution in [1.29, 1.82) is 0 Å². The number of ether oxygens (including phenoxy) is 1. The van der Waals surface area contributed by atoms with Crippen molar-refractivity contribution in [2.24, 2.45) is 5.92 Å². The molecule has 1 unspecified atom stereocenters. The van der Waals surface area contributed by atoms with E-state index in [0.29, 0.717) is 5.56 Å². The number of nitro benzene ring substituents is 1. The van der Waals surface area contributed by atoms with Crippen LogP contribution in [0.25, 0.3) is 11.1 Å². The normalized spacial score (nSPS) is 15.3. The van der Waals surface area contributed by atoms with Gasteiger partial charge in [0.15, 0.2) is 0 Å². The van der Waals surface area contributed by atoms with E-state index in [-0.39, 0.29) is 30.6 Å². The summed E-state index contributed by atoms with van der Waals surface area (Å²) in [5.74, 6) is -1.39. The van der Waals surface area contributed by atoms with Gasteiger partial charge in [-0.1, -0.05) is 38.1 Å². The molecule has 8 nitrogen and oxygen atoms in total. The Labute approximate surface area is 167 Å². The van der Waals surface area contributed by atoms with Gasteiger partial charge in [-0.05, 0) is 40.7 Å². The Hall–Kier alpha value is -3.42. The van der Waals surface area contributed by atoms with Crippen molar-refractivity contribution in [3.8, 4) is 11.1 Å². The van der Waals surface area contributed by atoms with Gasteiger partial charge in [-0.25, -0.2) is 9.59 Å². The van der Waals surface area contributed by atoms with Crippen LogP contribution < -0.4 is 5.32 Å². The second-order valence-electron chi connectivity index (χ2n) is 7.43. The topological polar surface area (TPSA) is 119 Å². The number of alkyl carbamates (subject to hydrolysis) is 1. The number of carboxylic acids is 1. The summed E-state index contributed by atoms with van der Waals surface area (Å²) in [6.45, 7) is 3.68. The second-order valence-corrected chi connectivity index (χ2v) is 7.43. The van der Waals surface area contributed by atoms with E-state index in [2.05, 4.69) is 5.32 Å². The minimum Gasteiger partial charge on any atom is -0.480 e. The van der Waals surface area contributed by atoms with Crippen LogP contribution in [0, 0.1) is 16.0 Å². The molecule has 0 saturated heterocycles. The SMILES string of the molecule is CC(C)C[C@H](NC(=O)OCC1c2ccccc2-c2ccc([N+](=O)[O-])cc21)C(=O)O. The number of hydrogen-bond donors (Lipinski definition) is 2. The van der Waals surface area contributed by atoms with E-state index in [0.717, 1.165) is 16.7 Å².